The summed E-state index contributed by atoms with van der Waals surface area (Å²) in [6, 6.07) is -3.13. The van der Waals surface area contributed by atoms with Crippen molar-refractivity contribution >= 4 is 0 Å². The third-order valence-electron chi connectivity index (χ3n) is 2.48. The molecule has 2 nitrogen and oxygen atoms in total. The van der Waals surface area contributed by atoms with Crippen molar-refractivity contribution in [1.29, 1.82) is 0 Å². The van der Waals surface area contributed by atoms with Gasteiger partial charge in [-0.3, -0.25) is 4.90 Å². The maximum absolute atomic E-state index is 15.2. The van der Waals surface area contributed by atoms with E-state index in [0.29, 0.717) is 6.92 Å². The predicted octanol–water partition coefficient (Wildman–Crippen LogP) is 3.73. The molecule has 0 amide bonds. The smallest absolute Gasteiger partial charge is 0.127 e. The first-order valence-corrected chi connectivity index (χ1v) is 6.02. The Hall–Kier alpha value is -0.930. The molecule has 20 heavy (non-hydrogen) atoms. The van der Waals surface area contributed by atoms with Crippen LogP contribution < -0.4 is 0 Å². The van der Waals surface area contributed by atoms with E-state index in [9.17, 15) is 0 Å². The van der Waals surface area contributed by atoms with Crippen molar-refractivity contribution in [2.24, 2.45) is 0 Å². The highest BCUT2D eigenvalue weighted by Gasteiger charge is 2.23. The molecule has 1 aromatic rings. The molecule has 0 radical (unpaired) electrons. The van der Waals surface area contributed by atoms with E-state index in [1.54, 1.807) is 0 Å². The van der Waals surface area contributed by atoms with E-state index in [1.165, 1.54) is 20.8 Å². The maximum atomic E-state index is 15.2. The fourth-order valence-corrected chi connectivity index (χ4v) is 1.61. The lowest BCUT2D eigenvalue weighted by atomic mass is 9.86. The van der Waals surface area contributed by atoms with Crippen molar-refractivity contribution in [2.75, 3.05) is 13.0 Å². The van der Waals surface area contributed by atoms with Gasteiger partial charge >= 0.3 is 0 Å². The molecule has 1 saturated heterocycles. The van der Waals surface area contributed by atoms with E-state index in [-0.39, 0.29) is 0 Å². The Bertz CT molecular complexity index is 970. The first-order chi connectivity index (χ1) is 14.7. The van der Waals surface area contributed by atoms with Crippen molar-refractivity contribution in [2.45, 2.75) is 58.6 Å². The Morgan fingerprint density at radius 2 is 2.25 bits per heavy atom. The highest BCUT2D eigenvalue weighted by molar-refractivity contribution is 5.29. The van der Waals surface area contributed by atoms with Gasteiger partial charge in [0.2, 0.25) is 0 Å². The highest BCUT2D eigenvalue weighted by Crippen LogP contribution is 2.26. The molecule has 0 aliphatic carbocycles. The lowest BCUT2D eigenvalue weighted by Crippen LogP contribution is -2.44. The summed E-state index contributed by atoms with van der Waals surface area (Å²) in [6.45, 7) is -9.54. The van der Waals surface area contributed by atoms with Crippen LogP contribution >= 0.6 is 0 Å². The molecule has 1 aliphatic heterocycles. The molecule has 3 heteroatoms. The van der Waals surface area contributed by atoms with Crippen molar-refractivity contribution in [3.8, 4) is 0 Å². The van der Waals surface area contributed by atoms with Gasteiger partial charge in [-0.2, -0.15) is 0 Å². The largest absolute Gasteiger partial charge is 0.373 e. The minimum absolute atomic E-state index is 0.391. The summed E-state index contributed by atoms with van der Waals surface area (Å²) in [5.74, 6) is -1.39. The molecular weight excluding hydrogens is 253 g/mol. The predicted molar refractivity (Wildman–Crippen MR) is 80.4 cm³/mol. The van der Waals surface area contributed by atoms with Crippen molar-refractivity contribution in [1.82, 2.24) is 4.90 Å². The average molecular weight is 293 g/mol. The Morgan fingerprint density at radius 1 is 1.55 bits per heavy atom. The number of morpholine rings is 1. The molecule has 0 aromatic heterocycles. The summed E-state index contributed by atoms with van der Waals surface area (Å²) in [5, 5.41) is 0. The van der Waals surface area contributed by atoms with E-state index in [4.69, 9.17) is 23.9 Å². The van der Waals surface area contributed by atoms with Crippen LogP contribution in [0.25, 0.3) is 0 Å². The van der Waals surface area contributed by atoms with Gasteiger partial charge in [0.05, 0.1) is 19.0 Å². The van der Waals surface area contributed by atoms with Gasteiger partial charge in [0.1, 0.15) is 5.82 Å². The molecule has 0 bridgehead atoms. The summed E-state index contributed by atoms with van der Waals surface area (Å²) in [7, 11) is 0. The van der Waals surface area contributed by atoms with Crippen LogP contribution in [0.2, 0.25) is 0 Å². The van der Waals surface area contributed by atoms with Gasteiger partial charge < -0.3 is 4.74 Å². The van der Waals surface area contributed by atoms with E-state index in [2.05, 4.69) is 0 Å². The van der Waals surface area contributed by atoms with Gasteiger partial charge in [0, 0.05) is 31.8 Å². The van der Waals surface area contributed by atoms with Gasteiger partial charge in [0.25, 0.3) is 0 Å². The molecule has 2 unspecified atom stereocenters. The summed E-state index contributed by atoms with van der Waals surface area (Å²) in [4.78, 5) is -0.413. The fraction of sp³-hybridized carbons (Fsp3) is 0.647. The fourth-order valence-electron chi connectivity index (χ4n) is 1.61. The van der Waals surface area contributed by atoms with Crippen LogP contribution in [0.5, 0.6) is 0 Å². The Balaban J connectivity index is 3.01. The first kappa shape index (κ1) is 5.36. The van der Waals surface area contributed by atoms with Gasteiger partial charge in [-0.05, 0) is 36.4 Å². The van der Waals surface area contributed by atoms with Crippen LogP contribution in [-0.2, 0) is 16.6 Å². The van der Waals surface area contributed by atoms with Crippen LogP contribution in [0, 0.1) is 5.82 Å². The monoisotopic (exact) mass is 293 g/mol. The second kappa shape index (κ2) is 5.82. The molecule has 0 spiro atoms. The van der Waals surface area contributed by atoms with Crippen LogP contribution in [0.4, 0.5) is 4.39 Å². The zero-order chi connectivity index (χ0) is 27.2. The molecule has 0 N–H and O–H groups in total. The van der Waals surface area contributed by atoms with Gasteiger partial charge in [-0.25, -0.2) is 4.39 Å². The molecule has 112 valence electrons. The quantitative estimate of drug-likeness (QED) is 0.824. The molecule has 1 aliphatic rings. The highest BCUT2D eigenvalue weighted by atomic mass is 19.1. The van der Waals surface area contributed by atoms with E-state index >= 15 is 4.39 Å². The van der Waals surface area contributed by atoms with E-state index in [0.717, 1.165) is 0 Å². The molecule has 2 atom stereocenters. The third-order valence-corrected chi connectivity index (χ3v) is 2.48. The number of rotatable bonds is 2. The maximum Gasteiger partial charge on any atom is 0.127 e. The van der Waals surface area contributed by atoms with Gasteiger partial charge in [-0.15, -0.1) is 0 Å². The second-order valence-corrected chi connectivity index (χ2v) is 5.35. The van der Waals surface area contributed by atoms with Gasteiger partial charge in [-0.1, -0.05) is 32.9 Å². The summed E-state index contributed by atoms with van der Waals surface area (Å²) in [5.41, 5.74) is -2.73. The van der Waals surface area contributed by atoms with E-state index in [1.807, 2.05) is 0 Å². The topological polar surface area (TPSA) is 12.5 Å². The normalized spacial score (nSPS) is 48.9. The third kappa shape index (κ3) is 3.80. The van der Waals surface area contributed by atoms with Crippen molar-refractivity contribution < 1.29 is 28.3 Å². The SMILES string of the molecule is [2H]c1c([2H])c(C([2H])([2H])N2C([2H])([2H])C([2H])(C)OC([2H])(C([2H])([2H])[2H])C2([2H])[2H])c([2H])c(F)c1C(C)(C)C. The Morgan fingerprint density at radius 3 is 2.90 bits per heavy atom. The van der Waals surface area contributed by atoms with Crippen LogP contribution in [-0.4, -0.2) is 30.1 Å². The van der Waals surface area contributed by atoms with Crippen molar-refractivity contribution in [3.05, 3.63) is 35.1 Å². The minimum Gasteiger partial charge on any atom is -0.373 e. The molecule has 1 heterocycles. The molecule has 1 aromatic carbocycles. The lowest BCUT2D eigenvalue weighted by Gasteiger charge is -2.35. The number of ether oxygens (including phenoxy) is 1. The minimum atomic E-state index is -3.84. The number of hydrogen-bond donors (Lipinski definition) is 0. The van der Waals surface area contributed by atoms with Crippen LogP contribution in [0.3, 0.4) is 0 Å². The standard InChI is InChI=1S/C17H26FNO/c1-12-9-19(10-13(2)20-12)11-14-6-7-15(16(18)8-14)17(3,4)5/h6-8,12-13H,9-11H2,1-5H3/i1D3,6D,7D,8D,9D2,10D2,11D2,12D,13D. The molecular formula is C17H26FNO. The zero-order valence-electron chi connectivity index (χ0n) is 25.7. The van der Waals surface area contributed by atoms with Gasteiger partial charge in [0.15, 0.2) is 0 Å². The van der Waals surface area contributed by atoms with Crippen LogP contribution in [0.15, 0.2) is 18.1 Å². The Kier molecular flexibility index (Phi) is 1.56. The first-order valence-electron chi connectivity index (χ1n) is 13.0. The number of nitrogens with zero attached hydrogens (tertiary/aromatic N) is 1. The Labute approximate surface area is 141 Å². The molecule has 1 fully saturated rings. The summed E-state index contributed by atoms with van der Waals surface area (Å²) < 4.78 is 134. The number of hydrogen-bond acceptors (Lipinski definition) is 2. The molecule has 2 rings (SSSR count). The zero-order valence-corrected chi connectivity index (χ0v) is 11.7. The van der Waals surface area contributed by atoms with Crippen molar-refractivity contribution in [3.63, 3.8) is 0 Å². The number of halogens is 1. The second-order valence-electron chi connectivity index (χ2n) is 5.35. The molecule has 0 saturated carbocycles. The average Bonchev–Trinajstić information content (AvgIpc) is 2.55. The summed E-state index contributed by atoms with van der Waals surface area (Å²) >= 11 is 0. The summed E-state index contributed by atoms with van der Waals surface area (Å²) in [6.07, 6.45) is -6.74. The lowest BCUT2D eigenvalue weighted by molar-refractivity contribution is -0.0705. The number of benzene rings is 1. The van der Waals surface area contributed by atoms with Crippen LogP contribution in [0.1, 0.15) is 64.9 Å². The van der Waals surface area contributed by atoms with E-state index < -0.39 is 83.9 Å².